The number of aliphatic hydroxyl groups is 2. The molecule has 8 nitrogen and oxygen atoms in total. The van der Waals surface area contributed by atoms with Gasteiger partial charge in [-0.3, -0.25) is 4.98 Å². The number of thiazole rings is 1. The fourth-order valence-electron chi connectivity index (χ4n) is 3.55. The van der Waals surface area contributed by atoms with E-state index in [-0.39, 0.29) is 5.41 Å². The molecule has 30 heavy (non-hydrogen) atoms. The first-order valence-corrected chi connectivity index (χ1v) is 11.0. The molecular formula is C21H28N6O2S. The number of nitrogens with one attached hydrogen (secondary N) is 2. The fraction of sp³-hybridized carbons (Fsp3) is 0.524. The standard InChI is InChI=1S/C21H28N6O2S/c1-12-16(18-25-13-10-22-9-7-14(13)30-18)17(27-21(29)8-5-6-15(21)28)26-19(24-12)23-11-20(2,3)4/h7,9-10,15,28-29H,5-6,8,11H2,1-4H3,(H2,23,24,26,27). The Morgan fingerprint density at radius 1 is 1.27 bits per heavy atom. The quantitative estimate of drug-likeness (QED) is 0.456. The summed E-state index contributed by atoms with van der Waals surface area (Å²) in [4.78, 5) is 18.2. The van der Waals surface area contributed by atoms with Gasteiger partial charge < -0.3 is 20.8 Å². The Labute approximate surface area is 179 Å². The summed E-state index contributed by atoms with van der Waals surface area (Å²) in [7, 11) is 0. The molecule has 2 unspecified atom stereocenters. The Hall–Kier alpha value is -2.36. The molecule has 0 saturated heterocycles. The van der Waals surface area contributed by atoms with E-state index in [4.69, 9.17) is 4.98 Å². The highest BCUT2D eigenvalue weighted by atomic mass is 32.1. The molecule has 1 saturated carbocycles. The Morgan fingerprint density at radius 3 is 2.73 bits per heavy atom. The van der Waals surface area contributed by atoms with Crippen LogP contribution in [0.5, 0.6) is 0 Å². The topological polar surface area (TPSA) is 116 Å². The first kappa shape index (κ1) is 20.9. The summed E-state index contributed by atoms with van der Waals surface area (Å²) >= 11 is 1.52. The number of anilines is 2. The number of fused-ring (bicyclic) bond motifs is 1. The van der Waals surface area contributed by atoms with E-state index in [2.05, 4.69) is 46.4 Å². The van der Waals surface area contributed by atoms with Gasteiger partial charge in [-0.15, -0.1) is 11.3 Å². The van der Waals surface area contributed by atoms with Crippen LogP contribution in [0, 0.1) is 12.3 Å². The highest BCUT2D eigenvalue weighted by molar-refractivity contribution is 7.21. The summed E-state index contributed by atoms with van der Waals surface area (Å²) in [5.74, 6) is 0.946. The summed E-state index contributed by atoms with van der Waals surface area (Å²) in [6, 6.07) is 1.92. The minimum atomic E-state index is -1.42. The predicted octanol–water partition coefficient (Wildman–Crippen LogP) is 3.56. The molecule has 0 radical (unpaired) electrons. The van der Waals surface area contributed by atoms with Crippen LogP contribution in [0.15, 0.2) is 18.5 Å². The van der Waals surface area contributed by atoms with Crippen molar-refractivity contribution in [3.63, 3.8) is 0 Å². The Balaban J connectivity index is 1.79. The molecular weight excluding hydrogens is 400 g/mol. The number of hydrogen-bond donors (Lipinski definition) is 4. The van der Waals surface area contributed by atoms with Crippen LogP contribution in [-0.2, 0) is 0 Å². The molecule has 2 atom stereocenters. The van der Waals surface area contributed by atoms with Gasteiger partial charge in [-0.05, 0) is 37.7 Å². The number of aryl methyl sites for hydroxylation is 1. The zero-order chi connectivity index (χ0) is 21.5. The number of rotatable bonds is 5. The summed E-state index contributed by atoms with van der Waals surface area (Å²) in [6.45, 7) is 9.00. The first-order chi connectivity index (χ1) is 14.1. The van der Waals surface area contributed by atoms with Crippen molar-refractivity contribution in [1.29, 1.82) is 0 Å². The lowest BCUT2D eigenvalue weighted by atomic mass is 9.97. The van der Waals surface area contributed by atoms with E-state index in [1.54, 1.807) is 12.4 Å². The van der Waals surface area contributed by atoms with Gasteiger partial charge in [0.1, 0.15) is 22.4 Å². The lowest BCUT2D eigenvalue weighted by Gasteiger charge is -2.29. The third-order valence-electron chi connectivity index (χ3n) is 5.19. The highest BCUT2D eigenvalue weighted by Crippen LogP contribution is 2.39. The molecule has 9 heteroatoms. The van der Waals surface area contributed by atoms with Crippen LogP contribution < -0.4 is 10.6 Å². The number of pyridine rings is 1. The third-order valence-corrected chi connectivity index (χ3v) is 6.25. The second-order valence-corrected chi connectivity index (χ2v) is 10.1. The normalized spacial score (nSPS) is 21.9. The zero-order valence-electron chi connectivity index (χ0n) is 17.7. The van der Waals surface area contributed by atoms with E-state index in [0.29, 0.717) is 31.2 Å². The van der Waals surface area contributed by atoms with Gasteiger partial charge >= 0.3 is 0 Å². The summed E-state index contributed by atoms with van der Waals surface area (Å²) in [6.07, 6.45) is 4.35. The molecule has 0 amide bonds. The minimum absolute atomic E-state index is 0.0589. The van der Waals surface area contributed by atoms with Gasteiger partial charge in [0, 0.05) is 12.7 Å². The lowest BCUT2D eigenvalue weighted by Crippen LogP contribution is -2.45. The Bertz CT molecular complexity index is 1030. The summed E-state index contributed by atoms with van der Waals surface area (Å²) in [5, 5.41) is 28.5. The van der Waals surface area contributed by atoms with Gasteiger partial charge in [-0.2, -0.15) is 4.98 Å². The average Bonchev–Trinajstić information content (AvgIpc) is 3.22. The molecule has 1 fully saturated rings. The molecule has 4 N–H and O–H groups in total. The second kappa shape index (κ2) is 7.72. The van der Waals surface area contributed by atoms with Crippen molar-refractivity contribution in [2.45, 2.75) is 58.8 Å². The van der Waals surface area contributed by atoms with Gasteiger partial charge in [0.15, 0.2) is 5.72 Å². The van der Waals surface area contributed by atoms with Crippen molar-refractivity contribution in [2.24, 2.45) is 5.41 Å². The number of aliphatic hydroxyl groups excluding tert-OH is 1. The van der Waals surface area contributed by atoms with E-state index in [1.807, 2.05) is 13.0 Å². The van der Waals surface area contributed by atoms with E-state index >= 15 is 0 Å². The molecule has 0 spiro atoms. The SMILES string of the molecule is Cc1nc(NCC(C)(C)C)nc(NC2(O)CCCC2O)c1-c1nc2cnccc2s1. The summed E-state index contributed by atoms with van der Waals surface area (Å²) in [5.41, 5.74) is 0.910. The summed E-state index contributed by atoms with van der Waals surface area (Å²) < 4.78 is 1.01. The smallest absolute Gasteiger partial charge is 0.224 e. The van der Waals surface area contributed by atoms with Crippen molar-refractivity contribution in [1.82, 2.24) is 19.9 Å². The van der Waals surface area contributed by atoms with Gasteiger partial charge in [0.25, 0.3) is 0 Å². The van der Waals surface area contributed by atoms with Crippen molar-refractivity contribution >= 4 is 33.3 Å². The van der Waals surface area contributed by atoms with E-state index < -0.39 is 11.8 Å². The maximum atomic E-state index is 11.0. The van der Waals surface area contributed by atoms with E-state index in [1.165, 1.54) is 11.3 Å². The Kier molecular flexibility index (Phi) is 5.37. The number of hydrogen-bond acceptors (Lipinski definition) is 9. The highest BCUT2D eigenvalue weighted by Gasteiger charge is 2.41. The van der Waals surface area contributed by atoms with Crippen LogP contribution in [0.2, 0.25) is 0 Å². The van der Waals surface area contributed by atoms with Gasteiger partial charge in [-0.25, -0.2) is 9.97 Å². The average molecular weight is 429 g/mol. The minimum Gasteiger partial charge on any atom is -0.388 e. The van der Waals surface area contributed by atoms with Crippen LogP contribution in [0.3, 0.4) is 0 Å². The van der Waals surface area contributed by atoms with Crippen molar-refractivity contribution < 1.29 is 10.2 Å². The molecule has 3 heterocycles. The molecule has 0 aliphatic heterocycles. The maximum Gasteiger partial charge on any atom is 0.224 e. The zero-order valence-corrected chi connectivity index (χ0v) is 18.5. The fourth-order valence-corrected chi connectivity index (χ4v) is 4.58. The Morgan fingerprint density at radius 2 is 2.07 bits per heavy atom. The van der Waals surface area contributed by atoms with Gasteiger partial charge in [-0.1, -0.05) is 20.8 Å². The lowest BCUT2D eigenvalue weighted by molar-refractivity contribution is -0.0310. The molecule has 1 aliphatic carbocycles. The van der Waals surface area contributed by atoms with Crippen LogP contribution in [-0.4, -0.2) is 48.5 Å². The monoisotopic (exact) mass is 428 g/mol. The predicted molar refractivity (Wildman–Crippen MR) is 120 cm³/mol. The van der Waals surface area contributed by atoms with Gasteiger partial charge in [0.05, 0.1) is 22.2 Å². The molecule has 3 aromatic rings. The molecule has 0 aromatic carbocycles. The van der Waals surface area contributed by atoms with Crippen LogP contribution in [0.1, 0.15) is 45.7 Å². The first-order valence-electron chi connectivity index (χ1n) is 10.2. The van der Waals surface area contributed by atoms with Crippen LogP contribution in [0.4, 0.5) is 11.8 Å². The molecule has 1 aliphatic rings. The third kappa shape index (κ3) is 4.23. The molecule has 3 aromatic heterocycles. The molecule has 0 bridgehead atoms. The van der Waals surface area contributed by atoms with Crippen LogP contribution in [0.25, 0.3) is 20.8 Å². The molecule has 4 rings (SSSR count). The maximum absolute atomic E-state index is 11.0. The van der Waals surface area contributed by atoms with Gasteiger partial charge in [0.2, 0.25) is 5.95 Å². The number of nitrogens with zero attached hydrogens (tertiary/aromatic N) is 4. The van der Waals surface area contributed by atoms with E-state index in [0.717, 1.165) is 32.9 Å². The molecule has 160 valence electrons. The van der Waals surface area contributed by atoms with Crippen molar-refractivity contribution in [3.05, 3.63) is 24.2 Å². The van der Waals surface area contributed by atoms with Crippen LogP contribution >= 0.6 is 11.3 Å². The number of aromatic nitrogens is 4. The van der Waals surface area contributed by atoms with E-state index in [9.17, 15) is 10.2 Å². The van der Waals surface area contributed by atoms with Crippen molar-refractivity contribution in [3.8, 4) is 10.6 Å². The second-order valence-electron chi connectivity index (χ2n) is 9.09. The van der Waals surface area contributed by atoms with Crippen molar-refractivity contribution in [2.75, 3.05) is 17.2 Å². The largest absolute Gasteiger partial charge is 0.388 e.